The Balaban J connectivity index is -0.000000627. The van der Waals surface area contributed by atoms with Crippen LogP contribution in [0.15, 0.2) is 0 Å². The number of rotatable bonds is 14. The summed E-state index contributed by atoms with van der Waals surface area (Å²) in [5, 5.41) is 16.8. The van der Waals surface area contributed by atoms with Crippen LogP contribution < -0.4 is 5.73 Å². The summed E-state index contributed by atoms with van der Waals surface area (Å²) >= 11 is 1.40. The average molecular weight is 635 g/mol. The lowest BCUT2D eigenvalue weighted by Crippen LogP contribution is -2.37. The highest BCUT2D eigenvalue weighted by Crippen LogP contribution is 2.20. The minimum absolute atomic E-state index is 0.00416. The number of esters is 3. The first kappa shape index (κ1) is 36.2. The van der Waals surface area contributed by atoms with Gasteiger partial charge in [-0.2, -0.15) is 0 Å². The molecule has 0 aromatic carbocycles. The maximum atomic E-state index is 12.0. The number of hydrogen-bond acceptors (Lipinski definition) is 9. The van der Waals surface area contributed by atoms with Gasteiger partial charge < -0.3 is 30.2 Å². The molecule has 0 aliphatic rings. The maximum Gasteiger partial charge on any atom is 0.323 e. The number of ether oxygens (including phenoxy) is 3. The van der Waals surface area contributed by atoms with E-state index in [9.17, 15) is 24.0 Å². The van der Waals surface area contributed by atoms with E-state index in [2.05, 4.69) is 0 Å². The quantitative estimate of drug-likeness (QED) is 0.110. The number of carboxylic acids is 2. The van der Waals surface area contributed by atoms with Gasteiger partial charge >= 0.3 is 29.8 Å². The Morgan fingerprint density at radius 3 is 1.58 bits per heavy atom. The van der Waals surface area contributed by atoms with Crippen LogP contribution in [0.1, 0.15) is 80.6 Å². The van der Waals surface area contributed by atoms with Gasteiger partial charge in [0, 0.05) is 12.8 Å². The van der Waals surface area contributed by atoms with Crippen LogP contribution in [0.2, 0.25) is 0 Å². The van der Waals surface area contributed by atoms with Crippen LogP contribution in [0.3, 0.4) is 0 Å². The monoisotopic (exact) mass is 634 g/mol. The van der Waals surface area contributed by atoms with Gasteiger partial charge in [-0.25, -0.2) is 0 Å². The van der Waals surface area contributed by atoms with Crippen molar-refractivity contribution in [2.24, 2.45) is 23.5 Å². The molecule has 0 aromatic heterocycles. The van der Waals surface area contributed by atoms with E-state index in [1.54, 1.807) is 20.8 Å². The third kappa shape index (κ3) is 22.5. The summed E-state index contributed by atoms with van der Waals surface area (Å²) < 4.78 is 20.7. The highest BCUT2D eigenvalue weighted by atomic mass is 127. The second-order valence-electron chi connectivity index (χ2n) is 9.74. The van der Waals surface area contributed by atoms with E-state index in [0.29, 0.717) is 6.42 Å². The van der Waals surface area contributed by atoms with Gasteiger partial charge in [-0.3, -0.25) is 24.0 Å². The molecule has 0 saturated carbocycles. The van der Waals surface area contributed by atoms with Crippen LogP contribution in [0.4, 0.5) is 0 Å². The van der Waals surface area contributed by atoms with Crippen molar-refractivity contribution in [1.29, 1.82) is 0.594 Å². The zero-order chi connectivity index (χ0) is 29.8. The van der Waals surface area contributed by atoms with Gasteiger partial charge in [0.25, 0.3) is 0 Å². The van der Waals surface area contributed by atoms with Crippen molar-refractivity contribution in [3.63, 3.8) is 0 Å². The molecular weight excluding hydrogens is 589 g/mol. The van der Waals surface area contributed by atoms with E-state index in [-0.39, 0.29) is 50.7 Å². The molecule has 0 fully saturated rings. The molecule has 12 heteroatoms. The van der Waals surface area contributed by atoms with Crippen LogP contribution in [0, 0.1) is 17.8 Å². The topological polar surface area (TPSA) is 180 Å². The number of nitrogens with two attached hydrogens (primary N) is 1. The Bertz CT molecular complexity index is 696. The molecular formula is C24H44INO10. The van der Waals surface area contributed by atoms with Crippen molar-refractivity contribution in [2.45, 2.75) is 92.2 Å². The Morgan fingerprint density at radius 1 is 0.833 bits per heavy atom. The minimum Gasteiger partial charge on any atom is -0.481 e. The lowest BCUT2D eigenvalue weighted by Gasteiger charge is -2.23. The van der Waals surface area contributed by atoms with E-state index in [0.717, 1.165) is 0 Å². The molecule has 0 unspecified atom stereocenters. The van der Waals surface area contributed by atoms with E-state index in [1.807, 2.05) is 27.7 Å². The van der Waals surface area contributed by atoms with Gasteiger partial charge in [-0.1, -0.05) is 27.7 Å². The van der Waals surface area contributed by atoms with Crippen molar-refractivity contribution in [3.8, 4) is 0 Å². The lowest BCUT2D eigenvalue weighted by molar-refractivity contribution is -0.163. The lowest BCUT2D eigenvalue weighted by atomic mass is 9.92. The standard InChI is InChI=1S/C15H26O6.C9H17NO4.HI/c1-10(2)11(9-13(18)21-15(3,4)5)14(19)20-8-6-7-12(16)17;1-6(2)8(10)9(13)14-5-3-4-7(11)12;/h10-11H,6-9H2,1-5H3,(H,16,17);6,8H,3-5,10H2,1-2H3,(H,11,12);1H/t11-;8-;/m00./s1/i/hD. The molecule has 2 atom stereocenters. The summed E-state index contributed by atoms with van der Waals surface area (Å²) in [6, 6.07) is -0.625. The Hall–Kier alpha value is -1.96. The first-order valence-corrected chi connectivity index (χ1v) is 11.7. The van der Waals surface area contributed by atoms with Gasteiger partial charge in [0.1, 0.15) is 12.2 Å². The zero-order valence-corrected chi connectivity index (χ0v) is 24.5. The molecule has 212 valence electrons. The second kappa shape index (κ2) is 20.1. The van der Waals surface area contributed by atoms with Crippen molar-refractivity contribution in [2.75, 3.05) is 13.2 Å². The smallest absolute Gasteiger partial charge is 0.323 e. The van der Waals surface area contributed by atoms with Gasteiger partial charge in [-0.05, 0) is 45.4 Å². The molecule has 0 radical (unpaired) electrons. The molecule has 0 bridgehead atoms. The summed E-state index contributed by atoms with van der Waals surface area (Å²) in [5.74, 6) is -3.83. The first-order chi connectivity index (χ1) is 17.0. The van der Waals surface area contributed by atoms with E-state index in [1.165, 1.54) is 23.8 Å². The highest BCUT2D eigenvalue weighted by molar-refractivity contribution is 14.0. The largest absolute Gasteiger partial charge is 0.481 e. The van der Waals surface area contributed by atoms with Gasteiger partial charge in [0.2, 0.25) is 0 Å². The molecule has 36 heavy (non-hydrogen) atoms. The van der Waals surface area contributed by atoms with Crippen molar-refractivity contribution in [1.82, 2.24) is 0 Å². The van der Waals surface area contributed by atoms with E-state index < -0.39 is 47.4 Å². The molecule has 0 spiro atoms. The summed E-state index contributed by atoms with van der Waals surface area (Å²) in [5.41, 5.74) is 4.92. The summed E-state index contributed by atoms with van der Waals surface area (Å²) in [6.45, 7) is 12.8. The third-order valence-corrected chi connectivity index (χ3v) is 4.46. The average Bonchev–Trinajstić information content (AvgIpc) is 2.77. The number of halogens is 1. The molecule has 0 amide bonds. The number of carboxylic acid groups (broad SMARTS) is 2. The molecule has 0 aliphatic carbocycles. The van der Waals surface area contributed by atoms with Crippen molar-refractivity contribution >= 4 is 53.6 Å². The van der Waals surface area contributed by atoms with Crippen LogP contribution in [0.25, 0.3) is 0 Å². The summed E-state index contributed by atoms with van der Waals surface area (Å²) in [7, 11) is 0. The first-order valence-electron chi connectivity index (χ1n) is 12.1. The van der Waals surface area contributed by atoms with E-state index >= 15 is 0 Å². The minimum atomic E-state index is -0.930. The van der Waals surface area contributed by atoms with Crippen LogP contribution >= 0.6 is 23.8 Å². The second-order valence-corrected chi connectivity index (χ2v) is 9.74. The Morgan fingerprint density at radius 2 is 1.25 bits per heavy atom. The molecule has 4 N–H and O–H groups in total. The van der Waals surface area contributed by atoms with Crippen LogP contribution in [-0.2, 0) is 38.2 Å². The van der Waals surface area contributed by atoms with Gasteiger partial charge in [0.05, 0.1) is 25.6 Å². The Labute approximate surface area is 231 Å². The van der Waals surface area contributed by atoms with Gasteiger partial charge in [-0.15, -0.1) is 23.8 Å². The van der Waals surface area contributed by atoms with Crippen LogP contribution in [0.5, 0.6) is 0 Å². The number of carbonyl (C=O) groups excluding carboxylic acids is 3. The summed E-state index contributed by atoms with van der Waals surface area (Å²) in [4.78, 5) is 55.4. The van der Waals surface area contributed by atoms with Crippen LogP contribution in [-0.4, -0.2) is 65.5 Å². The van der Waals surface area contributed by atoms with E-state index in [4.69, 9.17) is 30.8 Å². The number of carbonyl (C=O) groups is 5. The maximum absolute atomic E-state index is 12.0. The fraction of sp³-hybridized carbons (Fsp3) is 0.792. The molecule has 0 heterocycles. The van der Waals surface area contributed by atoms with Gasteiger partial charge in [0.15, 0.2) is 0 Å². The zero-order valence-electron chi connectivity index (χ0n) is 23.4. The molecule has 0 aliphatic heterocycles. The number of hydrogen-bond donors (Lipinski definition) is 3. The summed E-state index contributed by atoms with van der Waals surface area (Å²) in [6.07, 6.45) is 0.507. The van der Waals surface area contributed by atoms with Crippen molar-refractivity contribution in [3.05, 3.63) is 0 Å². The normalized spacial score (nSPS) is 12.6. The molecule has 11 nitrogen and oxygen atoms in total. The Kier molecular flexibility index (Phi) is 20.2. The third-order valence-electron chi connectivity index (χ3n) is 4.46. The predicted molar refractivity (Wildman–Crippen MR) is 143 cm³/mol. The molecule has 0 rings (SSSR count). The van der Waals surface area contributed by atoms with Crippen molar-refractivity contribution < 1.29 is 48.4 Å². The predicted octanol–water partition coefficient (Wildman–Crippen LogP) is 3.39. The number of aliphatic carboxylic acids is 2. The SMILES string of the molecule is CC(C)[C@H](CC(=O)OC(C)(C)C)C(=O)OCCCC(=O)O.CC(C)[C@H](N)C(=O)OCCCC(=O)O.[2H]I. The molecule has 0 aromatic rings. The highest BCUT2D eigenvalue weighted by Gasteiger charge is 2.29. The molecule has 0 saturated heterocycles. The fourth-order valence-corrected chi connectivity index (χ4v) is 2.42. The fourth-order valence-electron chi connectivity index (χ4n) is 2.42.